The molecule has 0 amide bonds. The van der Waals surface area contributed by atoms with Crippen LogP contribution < -0.4 is 38.7 Å². The highest BCUT2D eigenvalue weighted by atomic mass is 19.4. The van der Waals surface area contributed by atoms with Crippen LogP contribution in [-0.4, -0.2) is 39.9 Å². The van der Waals surface area contributed by atoms with Gasteiger partial charge in [-0.15, -0.1) is 26.3 Å². The van der Waals surface area contributed by atoms with Crippen molar-refractivity contribution in [3.63, 3.8) is 0 Å². The molecule has 5 aromatic rings. The Morgan fingerprint density at radius 2 is 0.889 bits per heavy atom. The van der Waals surface area contributed by atoms with E-state index >= 15 is 0 Å². The average molecular weight is 761 g/mol. The Labute approximate surface area is 309 Å². The van der Waals surface area contributed by atoms with Crippen LogP contribution in [0.3, 0.4) is 0 Å². The van der Waals surface area contributed by atoms with E-state index in [9.17, 15) is 36.4 Å². The molecule has 288 valence electrons. The maximum absolute atomic E-state index is 11.9. The molecule has 9 nitrogen and oxygen atoms in total. The van der Waals surface area contributed by atoms with Crippen LogP contribution in [0, 0.1) is 0 Å². The first-order valence-electron chi connectivity index (χ1n) is 16.7. The number of ether oxygens (including phenoxy) is 2. The van der Waals surface area contributed by atoms with Crippen LogP contribution in [0.5, 0.6) is 11.8 Å². The van der Waals surface area contributed by atoms with Crippen molar-refractivity contribution in [3.8, 4) is 11.8 Å². The zero-order chi connectivity index (χ0) is 39.5. The van der Waals surface area contributed by atoms with Crippen LogP contribution >= 0.6 is 0 Å². The lowest BCUT2D eigenvalue weighted by molar-refractivity contribution is -0.894. The average Bonchev–Trinajstić information content (AvgIpc) is 3.14. The number of nitrogens with zero attached hydrogens (tertiary/aromatic N) is 2. The van der Waals surface area contributed by atoms with E-state index in [1.807, 2.05) is 54.6 Å². The van der Waals surface area contributed by atoms with Crippen molar-refractivity contribution < 1.29 is 69.7 Å². The second-order valence-corrected chi connectivity index (χ2v) is 10.9. The van der Waals surface area contributed by atoms with Gasteiger partial charge in [0.25, 0.3) is 0 Å². The molecule has 0 atom stereocenters. The lowest BCUT2D eigenvalue weighted by Crippen LogP contribution is -2.48. The van der Waals surface area contributed by atoms with Gasteiger partial charge in [-0.25, -0.2) is 0 Å². The number of aromatic nitrogens is 2. The maximum Gasteiger partial charge on any atom is 0.577 e. The molecule has 0 radical (unpaired) electrons. The lowest BCUT2D eigenvalue weighted by atomic mass is 9.67. The van der Waals surface area contributed by atoms with Crippen molar-refractivity contribution in [2.45, 2.75) is 44.8 Å². The highest BCUT2D eigenvalue weighted by molar-refractivity contribution is 6.28. The third-order valence-electron chi connectivity index (χ3n) is 7.30. The largest absolute Gasteiger partial charge is 0.871 e. The zero-order valence-corrected chi connectivity index (χ0v) is 29.4. The highest BCUT2D eigenvalue weighted by Crippen LogP contribution is 2.43. The summed E-state index contributed by atoms with van der Waals surface area (Å²) in [7, 11) is -2.23. The molecule has 0 saturated heterocycles. The third kappa shape index (κ3) is 14.3. The predicted molar refractivity (Wildman–Crippen MR) is 181 cm³/mol. The Morgan fingerprint density at radius 3 is 1.20 bits per heavy atom. The molecule has 16 heteroatoms. The number of hydrogen-bond donors (Lipinski definition) is 0. The molecule has 0 aliphatic rings. The highest BCUT2D eigenvalue weighted by Gasteiger charge is 2.37. The van der Waals surface area contributed by atoms with Crippen molar-refractivity contribution in [2.75, 3.05) is 19.8 Å². The van der Waals surface area contributed by atoms with Crippen LogP contribution in [0.15, 0.2) is 140 Å². The molecule has 2 heterocycles. The summed E-state index contributed by atoms with van der Waals surface area (Å²) in [5, 5.41) is 21.4. The normalized spacial score (nSPS) is 11.2. The number of pyridine rings is 2. The summed E-state index contributed by atoms with van der Waals surface area (Å²) in [4.78, 5) is 9.75. The van der Waals surface area contributed by atoms with Gasteiger partial charge in [-0.1, -0.05) is 91.0 Å². The fourth-order valence-corrected chi connectivity index (χ4v) is 5.33. The lowest BCUT2D eigenvalue weighted by Gasteiger charge is -2.37. The van der Waals surface area contributed by atoms with Crippen molar-refractivity contribution >= 4 is 7.32 Å². The number of halogens is 6. The number of hydrogen-bond acceptors (Lipinski definition) is 7. The van der Waals surface area contributed by atoms with Gasteiger partial charge in [0.2, 0.25) is 12.4 Å². The summed E-state index contributed by atoms with van der Waals surface area (Å²) in [6, 6.07) is 39.3. The second kappa shape index (κ2) is 21.4. The first-order chi connectivity index (χ1) is 25.8. The van der Waals surface area contributed by atoms with E-state index in [-0.39, 0.29) is 25.2 Å². The molecule has 54 heavy (non-hydrogen) atoms. The Hall–Kier alpha value is -5.32. The van der Waals surface area contributed by atoms with Gasteiger partial charge in [-0.05, 0) is 55.5 Å². The van der Waals surface area contributed by atoms with E-state index in [1.165, 1.54) is 53.3 Å². The topological polar surface area (TPSA) is 100 Å². The fourth-order valence-electron chi connectivity index (χ4n) is 5.33. The smallest absolute Gasteiger partial charge is 0.577 e. The van der Waals surface area contributed by atoms with Gasteiger partial charge in [0, 0.05) is 33.6 Å². The fraction of sp³-hybridized carbons (Fsp3) is 0.263. The van der Waals surface area contributed by atoms with Crippen LogP contribution in [0.1, 0.15) is 43.4 Å². The minimum Gasteiger partial charge on any atom is -0.871 e. The van der Waals surface area contributed by atoms with E-state index in [4.69, 9.17) is 14.3 Å². The van der Waals surface area contributed by atoms with Crippen molar-refractivity contribution in [1.29, 1.82) is 0 Å². The van der Waals surface area contributed by atoms with Crippen molar-refractivity contribution in [2.24, 2.45) is 0 Å². The molecule has 5 rings (SSSR count). The molecule has 0 saturated carbocycles. The quantitative estimate of drug-likeness (QED) is 0.0507. The SMILES string of the molecule is CCO[n+]1ccccc1OC(F)(F)F.CCO[n+]1ccccc1OC(F)(F)F.[O-]B([O-])OCCCC(c1ccccc1)(c1ccccc1)c1ccccc1. The summed E-state index contributed by atoms with van der Waals surface area (Å²) in [5.74, 6) is -0.802. The monoisotopic (exact) mass is 760 g/mol. The first-order valence-corrected chi connectivity index (χ1v) is 16.7. The molecular weight excluding hydrogens is 721 g/mol. The Balaban J connectivity index is 0.000000238. The molecule has 0 spiro atoms. The van der Waals surface area contributed by atoms with Crippen molar-refractivity contribution in [3.05, 3.63) is 156 Å². The van der Waals surface area contributed by atoms with Gasteiger partial charge < -0.3 is 24.2 Å². The van der Waals surface area contributed by atoms with Crippen LogP contribution in [-0.2, 0) is 10.1 Å². The van der Waals surface area contributed by atoms with Gasteiger partial charge >= 0.3 is 24.5 Å². The molecule has 0 fully saturated rings. The van der Waals surface area contributed by atoms with Gasteiger partial charge in [0.1, 0.15) is 0 Å². The molecule has 2 aromatic heterocycles. The van der Waals surface area contributed by atoms with Gasteiger partial charge in [0.15, 0.2) is 13.2 Å². The summed E-state index contributed by atoms with van der Waals surface area (Å²) in [6.45, 7) is 3.99. The van der Waals surface area contributed by atoms with Gasteiger partial charge in [-0.2, -0.15) is 0 Å². The summed E-state index contributed by atoms with van der Waals surface area (Å²) < 4.78 is 85.3. The molecule has 0 N–H and O–H groups in total. The van der Waals surface area contributed by atoms with Gasteiger partial charge in [0.05, 0.1) is 19.5 Å². The van der Waals surface area contributed by atoms with E-state index in [1.54, 1.807) is 26.0 Å². The standard InChI is InChI=1S/C22H21BO3.2C8H9F3NO2/c24-23(25)26-18-10-17-22(19-11-4-1-5-12-19,20-13-6-2-7-14-20)21-15-8-3-9-16-21;2*1-2-13-12-6-4-3-5-7(12)14-8(9,10)11/h1-9,11-16H,10,17-18H2;2*3-6H,2H2,1H3/q-2;2*+1. The first kappa shape index (κ1) is 43.1. The molecular formula is C38H39BF6N2O7. The van der Waals surface area contributed by atoms with Gasteiger partial charge in [-0.3, -0.25) is 9.68 Å². The third-order valence-corrected chi connectivity index (χ3v) is 7.30. The van der Waals surface area contributed by atoms with E-state index in [2.05, 4.69) is 45.9 Å². The van der Waals surface area contributed by atoms with Crippen LogP contribution in [0.2, 0.25) is 0 Å². The van der Waals surface area contributed by atoms with Crippen molar-refractivity contribution in [1.82, 2.24) is 0 Å². The minimum absolute atomic E-state index is 0.159. The van der Waals surface area contributed by atoms with E-state index in [0.29, 0.717) is 6.42 Å². The Morgan fingerprint density at radius 1 is 0.537 bits per heavy atom. The molecule has 0 unspecified atom stereocenters. The Kier molecular flexibility index (Phi) is 17.1. The van der Waals surface area contributed by atoms with Crippen LogP contribution in [0.25, 0.3) is 0 Å². The molecule has 0 bridgehead atoms. The number of benzene rings is 3. The summed E-state index contributed by atoms with van der Waals surface area (Å²) in [6.07, 6.45) is -5.40. The van der Waals surface area contributed by atoms with E-state index in [0.717, 1.165) is 15.9 Å². The Bertz CT molecular complexity index is 1610. The zero-order valence-electron chi connectivity index (χ0n) is 29.4. The maximum atomic E-state index is 11.9. The van der Waals surface area contributed by atoms with Crippen LogP contribution in [0.4, 0.5) is 26.3 Å². The summed E-state index contributed by atoms with van der Waals surface area (Å²) >= 11 is 0. The minimum atomic E-state index is -4.71. The molecule has 0 aliphatic heterocycles. The number of alkyl halides is 6. The van der Waals surface area contributed by atoms with E-state index < -0.39 is 31.8 Å². The summed E-state index contributed by atoms with van der Waals surface area (Å²) in [5.41, 5.74) is 3.17. The predicted octanol–water partition coefficient (Wildman–Crippen LogP) is 5.17. The second-order valence-electron chi connectivity index (χ2n) is 10.9. The molecule has 0 aliphatic carbocycles. The number of rotatable bonds is 14. The molecule has 3 aromatic carbocycles.